The van der Waals surface area contributed by atoms with Crippen LogP contribution >= 0.6 is 0 Å². The van der Waals surface area contributed by atoms with Crippen molar-refractivity contribution in [3.8, 4) is 0 Å². The second-order valence-electron chi connectivity index (χ2n) is 3.06. The highest BCUT2D eigenvalue weighted by atomic mass is 16.1. The van der Waals surface area contributed by atoms with E-state index >= 15 is 0 Å². The van der Waals surface area contributed by atoms with E-state index in [9.17, 15) is 4.79 Å². The summed E-state index contributed by atoms with van der Waals surface area (Å²) in [4.78, 5) is 10.8. The molecule has 64 valence electrons. The molecule has 0 saturated heterocycles. The lowest BCUT2D eigenvalue weighted by Crippen LogP contribution is -2.28. The van der Waals surface area contributed by atoms with E-state index in [1.54, 1.807) is 0 Å². The maximum atomic E-state index is 10.8. The van der Waals surface area contributed by atoms with E-state index in [0.717, 1.165) is 24.2 Å². The molecule has 1 aliphatic carbocycles. The molecule has 3 N–H and O–H groups in total. The molecule has 1 aromatic rings. The van der Waals surface area contributed by atoms with E-state index in [1.807, 2.05) is 0 Å². The van der Waals surface area contributed by atoms with Gasteiger partial charge in [0.25, 0.3) is 0 Å². The zero-order valence-electron chi connectivity index (χ0n) is 6.58. The Morgan fingerprint density at radius 3 is 3.00 bits per heavy atom. The Labute approximate surface area is 69.3 Å². The molecule has 2 rings (SSSR count). The summed E-state index contributed by atoms with van der Waals surface area (Å²) in [5.41, 5.74) is 7.07. The zero-order chi connectivity index (χ0) is 8.55. The van der Waals surface area contributed by atoms with Crippen molar-refractivity contribution in [2.24, 2.45) is 11.7 Å². The second kappa shape index (κ2) is 2.58. The van der Waals surface area contributed by atoms with Gasteiger partial charge < -0.3 is 5.73 Å². The molecule has 0 saturated carbocycles. The Bertz CT molecular complexity index is 306. The van der Waals surface area contributed by atoms with Crippen LogP contribution in [0.15, 0.2) is 0 Å². The minimum atomic E-state index is -0.233. The lowest BCUT2D eigenvalue weighted by Gasteiger charge is -2.16. The number of carbonyl (C=O) groups is 1. The molecule has 1 unspecified atom stereocenters. The maximum Gasteiger partial charge on any atom is 0.220 e. The van der Waals surface area contributed by atoms with Crippen molar-refractivity contribution >= 4 is 5.91 Å². The number of hydrogen-bond donors (Lipinski definition) is 2. The van der Waals surface area contributed by atoms with Gasteiger partial charge in [0.05, 0.1) is 11.4 Å². The van der Waals surface area contributed by atoms with E-state index in [-0.39, 0.29) is 11.8 Å². The molecule has 1 amide bonds. The van der Waals surface area contributed by atoms with E-state index in [1.165, 1.54) is 0 Å². The molecule has 1 atom stereocenters. The van der Waals surface area contributed by atoms with Crippen molar-refractivity contribution in [2.45, 2.75) is 19.3 Å². The van der Waals surface area contributed by atoms with E-state index in [4.69, 9.17) is 5.73 Å². The molecule has 0 fully saturated rings. The standard InChI is InChI=1S/C7H10N4O/c8-7(12)4-1-2-5-6(3-4)10-11-9-5/h4H,1-3H2,(H2,8,12)(H,9,10,11). The fourth-order valence-electron chi connectivity index (χ4n) is 1.53. The van der Waals surface area contributed by atoms with Gasteiger partial charge in [-0.05, 0) is 12.8 Å². The van der Waals surface area contributed by atoms with Crippen LogP contribution in [-0.4, -0.2) is 21.3 Å². The molecule has 1 aliphatic rings. The smallest absolute Gasteiger partial charge is 0.220 e. The summed E-state index contributed by atoms with van der Waals surface area (Å²) in [6.07, 6.45) is 2.25. The Hall–Kier alpha value is -1.39. The number of carbonyl (C=O) groups excluding carboxylic acids is 1. The fourth-order valence-corrected chi connectivity index (χ4v) is 1.53. The molecule has 0 spiro atoms. The highest BCUT2D eigenvalue weighted by molar-refractivity contribution is 5.77. The largest absolute Gasteiger partial charge is 0.369 e. The number of fused-ring (bicyclic) bond motifs is 1. The van der Waals surface area contributed by atoms with Crippen LogP contribution in [0.4, 0.5) is 0 Å². The van der Waals surface area contributed by atoms with Crippen molar-refractivity contribution in [3.63, 3.8) is 0 Å². The Balaban J connectivity index is 2.20. The summed E-state index contributed by atoms with van der Waals surface area (Å²) in [6.45, 7) is 0. The van der Waals surface area contributed by atoms with Crippen LogP contribution in [0, 0.1) is 5.92 Å². The van der Waals surface area contributed by atoms with Gasteiger partial charge in [-0.3, -0.25) is 4.79 Å². The maximum absolute atomic E-state index is 10.8. The summed E-state index contributed by atoms with van der Waals surface area (Å²) >= 11 is 0. The SMILES string of the molecule is NC(=O)C1CCc2n[nH]nc2C1. The Morgan fingerprint density at radius 2 is 2.25 bits per heavy atom. The summed E-state index contributed by atoms with van der Waals surface area (Å²) in [5, 5.41) is 10.5. The average molecular weight is 166 g/mol. The predicted molar refractivity (Wildman–Crippen MR) is 41.1 cm³/mol. The van der Waals surface area contributed by atoms with Crippen molar-refractivity contribution < 1.29 is 4.79 Å². The molecular weight excluding hydrogens is 156 g/mol. The van der Waals surface area contributed by atoms with Crippen LogP contribution in [0.1, 0.15) is 17.8 Å². The minimum Gasteiger partial charge on any atom is -0.369 e. The third kappa shape index (κ3) is 1.07. The number of H-pyrrole nitrogens is 1. The molecule has 0 radical (unpaired) electrons. The van der Waals surface area contributed by atoms with Crippen LogP contribution in [0.25, 0.3) is 0 Å². The first-order valence-corrected chi connectivity index (χ1v) is 3.95. The zero-order valence-corrected chi connectivity index (χ0v) is 6.58. The van der Waals surface area contributed by atoms with Crippen LogP contribution in [0.5, 0.6) is 0 Å². The highest BCUT2D eigenvalue weighted by Crippen LogP contribution is 2.21. The topological polar surface area (TPSA) is 84.7 Å². The quantitative estimate of drug-likeness (QED) is 0.584. The summed E-state index contributed by atoms with van der Waals surface area (Å²) in [6, 6.07) is 0. The monoisotopic (exact) mass is 166 g/mol. The molecule has 5 nitrogen and oxygen atoms in total. The van der Waals surface area contributed by atoms with Crippen LogP contribution in [0.2, 0.25) is 0 Å². The third-order valence-corrected chi connectivity index (χ3v) is 2.27. The lowest BCUT2D eigenvalue weighted by molar-refractivity contribution is -0.122. The molecule has 0 aliphatic heterocycles. The van der Waals surface area contributed by atoms with Crippen LogP contribution in [-0.2, 0) is 17.6 Å². The number of aromatic amines is 1. The number of aromatic nitrogens is 3. The van der Waals surface area contributed by atoms with E-state index in [0.29, 0.717) is 6.42 Å². The number of nitrogens with zero attached hydrogens (tertiary/aromatic N) is 2. The van der Waals surface area contributed by atoms with Gasteiger partial charge in [-0.2, -0.15) is 15.4 Å². The Morgan fingerprint density at radius 1 is 1.50 bits per heavy atom. The van der Waals surface area contributed by atoms with Crippen LogP contribution < -0.4 is 5.73 Å². The molecule has 5 heteroatoms. The van der Waals surface area contributed by atoms with Gasteiger partial charge in [0, 0.05) is 12.3 Å². The van der Waals surface area contributed by atoms with Gasteiger partial charge in [-0.1, -0.05) is 0 Å². The van der Waals surface area contributed by atoms with Gasteiger partial charge >= 0.3 is 0 Å². The average Bonchev–Trinajstić information content (AvgIpc) is 2.49. The molecular formula is C7H10N4O. The van der Waals surface area contributed by atoms with Crippen LogP contribution in [0.3, 0.4) is 0 Å². The fraction of sp³-hybridized carbons (Fsp3) is 0.571. The Kier molecular flexibility index (Phi) is 1.56. The van der Waals surface area contributed by atoms with Gasteiger partial charge in [0.1, 0.15) is 0 Å². The van der Waals surface area contributed by atoms with Crippen molar-refractivity contribution in [3.05, 3.63) is 11.4 Å². The van der Waals surface area contributed by atoms with Gasteiger partial charge in [-0.15, -0.1) is 0 Å². The highest BCUT2D eigenvalue weighted by Gasteiger charge is 2.25. The number of primary amides is 1. The predicted octanol–water partition coefficient (Wildman–Crippen LogP) is -0.605. The number of nitrogens with two attached hydrogens (primary N) is 1. The summed E-state index contributed by atoms with van der Waals surface area (Å²) in [5.74, 6) is -0.286. The number of aryl methyl sites for hydroxylation is 1. The van der Waals surface area contributed by atoms with Gasteiger partial charge in [0.15, 0.2) is 0 Å². The minimum absolute atomic E-state index is 0.0531. The third-order valence-electron chi connectivity index (χ3n) is 2.27. The number of rotatable bonds is 1. The van der Waals surface area contributed by atoms with Gasteiger partial charge in [0.2, 0.25) is 5.91 Å². The normalized spacial score (nSPS) is 21.8. The van der Waals surface area contributed by atoms with E-state index in [2.05, 4.69) is 15.4 Å². The summed E-state index contributed by atoms with van der Waals surface area (Å²) in [7, 11) is 0. The molecule has 0 bridgehead atoms. The second-order valence-corrected chi connectivity index (χ2v) is 3.06. The van der Waals surface area contributed by atoms with Crippen molar-refractivity contribution in [2.75, 3.05) is 0 Å². The molecule has 1 aromatic heterocycles. The first kappa shape index (κ1) is 7.27. The first-order chi connectivity index (χ1) is 5.77. The summed E-state index contributed by atoms with van der Waals surface area (Å²) < 4.78 is 0. The number of hydrogen-bond acceptors (Lipinski definition) is 3. The number of nitrogens with one attached hydrogen (secondary N) is 1. The number of amides is 1. The van der Waals surface area contributed by atoms with Crippen molar-refractivity contribution in [1.29, 1.82) is 0 Å². The molecule has 12 heavy (non-hydrogen) atoms. The first-order valence-electron chi connectivity index (χ1n) is 3.95. The molecule has 0 aromatic carbocycles. The van der Waals surface area contributed by atoms with Gasteiger partial charge in [-0.25, -0.2) is 0 Å². The lowest BCUT2D eigenvalue weighted by atomic mass is 9.89. The van der Waals surface area contributed by atoms with E-state index < -0.39 is 0 Å². The van der Waals surface area contributed by atoms with Crippen molar-refractivity contribution in [1.82, 2.24) is 15.4 Å². The molecule has 1 heterocycles.